The number of hydrogen-bond acceptors (Lipinski definition) is 4. The first-order valence-corrected chi connectivity index (χ1v) is 52.7. The monoisotopic (exact) mass is 1830 g/mol. The summed E-state index contributed by atoms with van der Waals surface area (Å²) >= 11 is 0. The van der Waals surface area contributed by atoms with Crippen molar-refractivity contribution in [2.45, 2.75) is 30.5 Å². The fraction of sp³-hybridized carbons (Fsp3) is 0.0365. The highest BCUT2D eigenvalue weighted by atomic mass is 28.3. The van der Waals surface area contributed by atoms with Crippen LogP contribution in [0.25, 0.3) is 109 Å². The predicted octanol–water partition coefficient (Wildman–Crippen LogP) is 36.8. The van der Waals surface area contributed by atoms with Crippen LogP contribution in [0.4, 0.5) is 51.2 Å². The van der Waals surface area contributed by atoms with Crippen LogP contribution >= 0.6 is 0 Å². The third kappa shape index (κ3) is 15.6. The van der Waals surface area contributed by atoms with Gasteiger partial charge in [-0.1, -0.05) is 480 Å². The molecule has 0 atom stereocenters. The number of para-hydroxylation sites is 3. The van der Waals surface area contributed by atoms with Crippen molar-refractivity contribution in [3.8, 4) is 56.0 Å². The summed E-state index contributed by atoms with van der Waals surface area (Å²) < 4.78 is 6.71. The number of hydrogen-bond donors (Lipinski definition) is 0. The molecule has 0 aromatic heterocycles. The Morgan fingerprint density at radius 3 is 0.972 bits per heavy atom. The summed E-state index contributed by atoms with van der Waals surface area (Å²) in [5.74, 6) is 1.57. The average molecular weight is 1830 g/mol. The Hall–Kier alpha value is -17.7. The Balaban J connectivity index is 0.000000116. The molecule has 0 bridgehead atoms. The minimum atomic E-state index is -1.49. The maximum atomic E-state index is 6.71. The standard InChI is InChI=1S/C51H35NO.C48H39NSi.C38H27N/c1-4-19-38(20-5-1)51(39-21-6-2-7-22-39)45-27-13-12-26-43(45)44-34-33-40(35-46(44)51)52(47-28-14-15-30-49(47)53-41-23-8-3-9-24-41)48-29-16-18-37-32-31-36-17-10-11-25-42(36)50(37)48;1-50(2,3)40-30-27-38(28-31-40)49(46-24-14-16-35-26-25-34-15-10-11-21-41(34)47(35)46)39-29-32-43-42-22-12-13-23-44(42)48(45(43)33-39,36-17-6-4-7-18-36)37-19-8-5-9-20-37;1-3-10-28(11-4-1)30-18-23-33(24-19-30)39(34-25-20-31(21-26-34)29-12-5-2-6-13-29)38-17-9-16-36-35-15-8-7-14-32(35)22-27-37(36)38/h1-35H;4-33H,1-3H3;1-27H. The highest BCUT2D eigenvalue weighted by molar-refractivity contribution is 6.88. The molecule has 0 heterocycles. The van der Waals surface area contributed by atoms with E-state index in [9.17, 15) is 0 Å². The maximum absolute atomic E-state index is 6.71. The molecular weight excluding hydrogens is 1730 g/mol. The zero-order valence-electron chi connectivity index (χ0n) is 79.4. The largest absolute Gasteiger partial charge is 0.455 e. The van der Waals surface area contributed by atoms with Gasteiger partial charge < -0.3 is 19.4 Å². The van der Waals surface area contributed by atoms with Crippen LogP contribution in [-0.4, -0.2) is 8.07 Å². The summed E-state index contributed by atoms with van der Waals surface area (Å²) in [5, 5.41) is 16.3. The van der Waals surface area contributed by atoms with Crippen molar-refractivity contribution < 1.29 is 4.74 Å². The van der Waals surface area contributed by atoms with Gasteiger partial charge in [0.2, 0.25) is 0 Å². The number of nitrogens with zero attached hydrogens (tertiary/aromatic N) is 3. The van der Waals surface area contributed by atoms with Crippen LogP contribution in [0.1, 0.15) is 44.5 Å². The van der Waals surface area contributed by atoms with Gasteiger partial charge in [0.25, 0.3) is 0 Å². The molecule has 2 aliphatic rings. The lowest BCUT2D eigenvalue weighted by molar-refractivity contribution is 0.484. The summed E-state index contributed by atoms with van der Waals surface area (Å²) in [6, 6.07) is 203. The smallest absolute Gasteiger partial charge is 0.151 e. The molecule has 24 aromatic rings. The van der Waals surface area contributed by atoms with Gasteiger partial charge in [-0.2, -0.15) is 0 Å². The van der Waals surface area contributed by atoms with Crippen molar-refractivity contribution >= 4 is 129 Å². The van der Waals surface area contributed by atoms with Crippen molar-refractivity contribution in [3.63, 3.8) is 0 Å². The van der Waals surface area contributed by atoms with E-state index in [1.807, 2.05) is 36.4 Å². The maximum Gasteiger partial charge on any atom is 0.151 e. The van der Waals surface area contributed by atoms with E-state index in [1.54, 1.807) is 0 Å². The zero-order valence-corrected chi connectivity index (χ0v) is 80.4. The van der Waals surface area contributed by atoms with Gasteiger partial charge in [-0.05, 0) is 241 Å². The van der Waals surface area contributed by atoms with Gasteiger partial charge in [-0.15, -0.1) is 0 Å². The van der Waals surface area contributed by atoms with Crippen LogP contribution < -0.4 is 24.6 Å². The van der Waals surface area contributed by atoms with Gasteiger partial charge in [-0.3, -0.25) is 0 Å². The quantitative estimate of drug-likeness (QED) is 0.0629. The van der Waals surface area contributed by atoms with Crippen LogP contribution in [0.3, 0.4) is 0 Å². The first kappa shape index (κ1) is 87.1. The zero-order chi connectivity index (χ0) is 95.1. The molecule has 26 rings (SSSR count). The van der Waals surface area contributed by atoms with Gasteiger partial charge in [0.1, 0.15) is 5.75 Å². The first-order chi connectivity index (χ1) is 70.1. The Bertz CT molecular complexity index is 8600. The van der Waals surface area contributed by atoms with Crippen LogP contribution in [-0.2, 0) is 10.8 Å². The molecule has 24 aromatic carbocycles. The third-order valence-corrected chi connectivity index (χ3v) is 31.0. The van der Waals surface area contributed by atoms with Gasteiger partial charge in [0.15, 0.2) is 5.75 Å². The van der Waals surface area contributed by atoms with E-state index in [1.165, 1.54) is 165 Å². The topological polar surface area (TPSA) is 19.0 Å². The van der Waals surface area contributed by atoms with Crippen LogP contribution in [0, 0.1) is 0 Å². The fourth-order valence-electron chi connectivity index (χ4n) is 22.4. The molecule has 0 N–H and O–H groups in total. The second kappa shape index (κ2) is 37.3. The average Bonchev–Trinajstić information content (AvgIpc) is 1.53. The summed E-state index contributed by atoms with van der Waals surface area (Å²) in [5.41, 5.74) is 29.2. The van der Waals surface area contributed by atoms with Crippen molar-refractivity contribution in [2.24, 2.45) is 0 Å². The van der Waals surface area contributed by atoms with Gasteiger partial charge in [0.05, 0.1) is 41.7 Å². The number of benzene rings is 24. The molecule has 0 radical (unpaired) electrons. The minimum Gasteiger partial charge on any atom is -0.455 e. The van der Waals surface area contributed by atoms with Crippen molar-refractivity contribution in [1.82, 2.24) is 0 Å². The number of anilines is 9. The summed E-state index contributed by atoms with van der Waals surface area (Å²) in [6.45, 7) is 7.25. The van der Waals surface area contributed by atoms with E-state index in [2.05, 4.69) is 556 Å². The molecule has 0 aliphatic heterocycles. The lowest BCUT2D eigenvalue weighted by Crippen LogP contribution is -2.37. The molecule has 0 fully saturated rings. The van der Waals surface area contributed by atoms with Gasteiger partial charge in [0, 0.05) is 44.6 Å². The van der Waals surface area contributed by atoms with Crippen molar-refractivity contribution in [2.75, 3.05) is 14.7 Å². The Morgan fingerprint density at radius 1 is 0.190 bits per heavy atom. The molecular formula is C137H101N3OSi. The highest BCUT2D eigenvalue weighted by Crippen LogP contribution is 2.61. The molecule has 0 spiro atoms. The number of ether oxygens (including phenoxy) is 1. The van der Waals surface area contributed by atoms with Crippen LogP contribution in [0.15, 0.2) is 558 Å². The molecule has 0 saturated carbocycles. The lowest BCUT2D eigenvalue weighted by atomic mass is 9.67. The number of rotatable bonds is 18. The number of fused-ring (bicyclic) bond motifs is 15. The normalized spacial score (nSPS) is 12.4. The second-order valence-electron chi connectivity index (χ2n) is 38.0. The SMILES string of the molecule is C[Si](C)(C)c1ccc(N(c2ccc3c(c2)C(c2ccccc2)(c2ccccc2)c2ccccc2-3)c2cccc3ccc4ccccc4c23)cc1.c1ccc(-c2ccc(N(c3ccc(-c4ccccc4)cc3)c3cccc4c3ccc3ccccc34)cc2)cc1.c1ccc(Oc2ccccc2N(c2ccc3c(c2)C(c2ccccc2)(c2ccccc2)c2ccccc2-3)c2cccc3ccc4ccccc4c23)cc1. The fourth-order valence-corrected chi connectivity index (χ4v) is 23.6. The van der Waals surface area contributed by atoms with Gasteiger partial charge >= 0.3 is 0 Å². The van der Waals surface area contributed by atoms with Crippen LogP contribution in [0.5, 0.6) is 11.5 Å². The van der Waals surface area contributed by atoms with E-state index in [0.717, 1.165) is 57.0 Å². The van der Waals surface area contributed by atoms with E-state index in [-0.39, 0.29) is 0 Å². The van der Waals surface area contributed by atoms with E-state index in [0.29, 0.717) is 0 Å². The van der Waals surface area contributed by atoms with Gasteiger partial charge in [-0.25, -0.2) is 0 Å². The molecule has 142 heavy (non-hydrogen) atoms. The second-order valence-corrected chi connectivity index (χ2v) is 43.1. The van der Waals surface area contributed by atoms with E-state index >= 15 is 0 Å². The molecule has 0 saturated heterocycles. The molecule has 0 amide bonds. The summed E-state index contributed by atoms with van der Waals surface area (Å²) in [6.07, 6.45) is 0. The Kier molecular flexibility index (Phi) is 22.9. The predicted molar refractivity (Wildman–Crippen MR) is 603 cm³/mol. The third-order valence-electron chi connectivity index (χ3n) is 28.9. The molecule has 0 unspecified atom stereocenters. The minimum absolute atomic E-state index is 0.469. The van der Waals surface area contributed by atoms with E-state index in [4.69, 9.17) is 4.74 Å². The molecule has 674 valence electrons. The van der Waals surface area contributed by atoms with Crippen molar-refractivity contribution in [1.29, 1.82) is 0 Å². The first-order valence-electron chi connectivity index (χ1n) is 49.2. The Labute approximate surface area is 831 Å². The molecule has 5 heteroatoms. The van der Waals surface area contributed by atoms with E-state index < -0.39 is 18.9 Å². The highest BCUT2D eigenvalue weighted by Gasteiger charge is 2.48. The summed E-state index contributed by atoms with van der Waals surface area (Å²) in [7, 11) is -1.49. The Morgan fingerprint density at radius 2 is 0.500 bits per heavy atom. The lowest BCUT2D eigenvalue weighted by Gasteiger charge is -2.35. The van der Waals surface area contributed by atoms with Crippen LogP contribution in [0.2, 0.25) is 19.6 Å². The molecule has 4 nitrogen and oxygen atoms in total. The van der Waals surface area contributed by atoms with Crippen molar-refractivity contribution in [3.05, 3.63) is 603 Å². The molecule has 2 aliphatic carbocycles. The summed E-state index contributed by atoms with van der Waals surface area (Å²) in [4.78, 5) is 7.27.